The number of carbonyl (C=O) groups is 1. The molecule has 0 unspecified atom stereocenters. The Kier molecular flexibility index (Phi) is 4.62. The van der Waals surface area contributed by atoms with Gasteiger partial charge >= 0.3 is 0 Å². The second-order valence-corrected chi connectivity index (χ2v) is 13.1. The van der Waals surface area contributed by atoms with Crippen LogP contribution >= 0.6 is 0 Å². The predicted octanol–water partition coefficient (Wildman–Crippen LogP) is 4.97. The van der Waals surface area contributed by atoms with Crippen LogP contribution in [-0.2, 0) is 14.3 Å². The zero-order valence-electron chi connectivity index (χ0n) is 19.9. The first kappa shape index (κ1) is 21.1. The molecule has 0 aromatic carbocycles. The second-order valence-electron chi connectivity index (χ2n) is 13.1. The minimum absolute atomic E-state index is 0.0823. The normalized spacial score (nSPS) is 60.9. The van der Waals surface area contributed by atoms with Crippen molar-refractivity contribution in [2.75, 3.05) is 6.61 Å². The molecule has 4 nitrogen and oxygen atoms in total. The van der Waals surface area contributed by atoms with Crippen LogP contribution in [0.4, 0.5) is 0 Å². The molecule has 6 rings (SSSR count). The van der Waals surface area contributed by atoms with Gasteiger partial charge in [-0.3, -0.25) is 4.79 Å². The number of aliphatic hydroxyl groups is 1. The highest BCUT2D eigenvalue weighted by atomic mass is 16.7. The molecule has 0 bridgehead atoms. The Bertz CT molecular complexity index is 756. The fourth-order valence-electron chi connectivity index (χ4n) is 10.0. The van der Waals surface area contributed by atoms with Gasteiger partial charge in [0.1, 0.15) is 5.78 Å². The fourth-order valence-corrected chi connectivity index (χ4v) is 10.0. The average Bonchev–Trinajstić information content (AvgIpc) is 3.17. The zero-order valence-corrected chi connectivity index (χ0v) is 19.9. The first-order valence-corrected chi connectivity index (χ1v) is 13.2. The van der Waals surface area contributed by atoms with Gasteiger partial charge in [0.15, 0.2) is 5.79 Å². The van der Waals surface area contributed by atoms with E-state index < -0.39 is 0 Å². The molecule has 0 aromatic rings. The quantitative estimate of drug-likeness (QED) is 0.589. The molecular formula is C27H42O4. The van der Waals surface area contributed by atoms with Gasteiger partial charge in [0.25, 0.3) is 0 Å². The zero-order chi connectivity index (χ0) is 21.8. The standard InChI is InChI=1S/C27H42O4/c1-15-5-10-27(30-14-15)16(2)24-23(31-27)13-20-18-12-22(29)21-11-17(28)6-8-25(21,3)19(18)7-9-26(20,24)4/h15-21,23-24,28H,5-14H2,1-4H3/t15-,16+,17-,18-,19+,20+,21-,23+,24+,25-,26+,27-/m1/s1. The number of carbonyl (C=O) groups excluding carboxylic acids is 1. The van der Waals surface area contributed by atoms with Crippen molar-refractivity contribution >= 4 is 5.78 Å². The third-order valence-electron chi connectivity index (χ3n) is 11.7. The highest BCUT2D eigenvalue weighted by Crippen LogP contribution is 2.71. The number of hydrogen-bond donors (Lipinski definition) is 1. The third-order valence-corrected chi connectivity index (χ3v) is 11.7. The van der Waals surface area contributed by atoms with Crippen LogP contribution in [0.1, 0.15) is 85.5 Å². The summed E-state index contributed by atoms with van der Waals surface area (Å²) in [6, 6.07) is 0. The van der Waals surface area contributed by atoms with Crippen LogP contribution in [0.3, 0.4) is 0 Å². The number of Topliss-reactive ketones (excluding diaryl/α,β-unsaturated/α-hetero) is 1. The number of ether oxygens (including phenoxy) is 2. The monoisotopic (exact) mass is 430 g/mol. The maximum Gasteiger partial charge on any atom is 0.171 e. The summed E-state index contributed by atoms with van der Waals surface area (Å²) in [5.41, 5.74) is 0.355. The summed E-state index contributed by atoms with van der Waals surface area (Å²) in [6.07, 6.45) is 9.21. The van der Waals surface area contributed by atoms with Gasteiger partial charge in [-0.05, 0) is 85.4 Å². The molecule has 2 aliphatic heterocycles. The summed E-state index contributed by atoms with van der Waals surface area (Å²) in [5, 5.41) is 10.3. The topological polar surface area (TPSA) is 55.8 Å². The van der Waals surface area contributed by atoms with E-state index in [4.69, 9.17) is 9.47 Å². The van der Waals surface area contributed by atoms with Gasteiger partial charge in [0.2, 0.25) is 0 Å². The molecule has 12 atom stereocenters. The van der Waals surface area contributed by atoms with Gasteiger partial charge in [0.05, 0.1) is 18.8 Å². The molecule has 0 radical (unpaired) electrons. The van der Waals surface area contributed by atoms with E-state index >= 15 is 0 Å². The van der Waals surface area contributed by atoms with Crippen LogP contribution in [0.15, 0.2) is 0 Å². The van der Waals surface area contributed by atoms with Gasteiger partial charge in [-0.25, -0.2) is 0 Å². The summed E-state index contributed by atoms with van der Waals surface area (Å²) in [7, 11) is 0. The first-order valence-electron chi connectivity index (χ1n) is 13.2. The lowest BCUT2D eigenvalue weighted by Crippen LogP contribution is -2.57. The number of rotatable bonds is 0. The predicted molar refractivity (Wildman–Crippen MR) is 118 cm³/mol. The summed E-state index contributed by atoms with van der Waals surface area (Å²) in [4.78, 5) is 13.3. The smallest absolute Gasteiger partial charge is 0.171 e. The molecule has 1 spiro atoms. The Balaban J connectivity index is 1.28. The minimum atomic E-state index is -0.356. The molecule has 2 heterocycles. The number of ketones is 1. The van der Waals surface area contributed by atoms with Gasteiger partial charge in [-0.1, -0.05) is 27.7 Å². The van der Waals surface area contributed by atoms with E-state index in [2.05, 4.69) is 27.7 Å². The highest BCUT2D eigenvalue weighted by molar-refractivity contribution is 5.83. The van der Waals surface area contributed by atoms with E-state index in [1.165, 1.54) is 19.3 Å². The van der Waals surface area contributed by atoms with Crippen LogP contribution in [0, 0.1) is 52.3 Å². The highest BCUT2D eigenvalue weighted by Gasteiger charge is 2.69. The Labute approximate surface area is 187 Å². The summed E-state index contributed by atoms with van der Waals surface area (Å²) >= 11 is 0. The van der Waals surface area contributed by atoms with E-state index in [1.807, 2.05) is 0 Å². The van der Waals surface area contributed by atoms with Crippen molar-refractivity contribution in [2.24, 2.45) is 52.3 Å². The van der Waals surface area contributed by atoms with Gasteiger partial charge in [0, 0.05) is 24.7 Å². The molecule has 174 valence electrons. The average molecular weight is 431 g/mol. The lowest BCUT2D eigenvalue weighted by atomic mass is 9.44. The Hall–Kier alpha value is -0.450. The molecule has 4 saturated carbocycles. The molecule has 4 heteroatoms. The second kappa shape index (κ2) is 6.79. The van der Waals surface area contributed by atoms with Crippen molar-refractivity contribution in [3.63, 3.8) is 0 Å². The van der Waals surface area contributed by atoms with Gasteiger partial charge in [-0.2, -0.15) is 0 Å². The fraction of sp³-hybridized carbons (Fsp3) is 0.963. The Morgan fingerprint density at radius 1 is 0.968 bits per heavy atom. The molecule has 4 aliphatic carbocycles. The van der Waals surface area contributed by atoms with Crippen molar-refractivity contribution < 1.29 is 19.4 Å². The summed E-state index contributed by atoms with van der Waals surface area (Å²) in [5.74, 6) is 3.53. The summed E-state index contributed by atoms with van der Waals surface area (Å²) < 4.78 is 13.3. The molecule has 0 amide bonds. The summed E-state index contributed by atoms with van der Waals surface area (Å²) in [6.45, 7) is 10.4. The third kappa shape index (κ3) is 2.74. The molecule has 31 heavy (non-hydrogen) atoms. The van der Waals surface area contributed by atoms with Crippen molar-refractivity contribution in [1.82, 2.24) is 0 Å². The maximum atomic E-state index is 13.3. The number of hydrogen-bond acceptors (Lipinski definition) is 4. The van der Waals surface area contributed by atoms with Crippen LogP contribution < -0.4 is 0 Å². The van der Waals surface area contributed by atoms with Crippen molar-refractivity contribution in [3.05, 3.63) is 0 Å². The van der Waals surface area contributed by atoms with E-state index in [0.29, 0.717) is 53.8 Å². The van der Waals surface area contributed by atoms with E-state index in [-0.39, 0.29) is 28.6 Å². The van der Waals surface area contributed by atoms with Crippen molar-refractivity contribution in [2.45, 2.75) is 103 Å². The Morgan fingerprint density at radius 3 is 2.48 bits per heavy atom. The lowest BCUT2D eigenvalue weighted by Gasteiger charge is -2.60. The molecule has 1 N–H and O–H groups in total. The lowest BCUT2D eigenvalue weighted by molar-refractivity contribution is -0.273. The van der Waals surface area contributed by atoms with E-state index in [9.17, 15) is 9.90 Å². The number of aliphatic hydroxyl groups excluding tert-OH is 1. The van der Waals surface area contributed by atoms with Crippen LogP contribution in [0.25, 0.3) is 0 Å². The number of fused-ring (bicyclic) bond motifs is 7. The maximum absolute atomic E-state index is 13.3. The molecule has 6 fully saturated rings. The first-order chi connectivity index (χ1) is 14.7. The van der Waals surface area contributed by atoms with Crippen molar-refractivity contribution in [1.29, 1.82) is 0 Å². The largest absolute Gasteiger partial charge is 0.393 e. The molecule has 6 aliphatic rings. The molecule has 0 aromatic heterocycles. The van der Waals surface area contributed by atoms with Gasteiger partial charge < -0.3 is 14.6 Å². The van der Waals surface area contributed by atoms with E-state index in [0.717, 1.165) is 38.7 Å². The van der Waals surface area contributed by atoms with Gasteiger partial charge in [-0.15, -0.1) is 0 Å². The Morgan fingerprint density at radius 2 is 1.74 bits per heavy atom. The minimum Gasteiger partial charge on any atom is -0.393 e. The SMILES string of the molecule is C[C@@H]1CC[C@@]2(OC1)O[C@H]1C[C@H]3[C@@H]4CC(=O)[C@H]5C[C@H](O)CC[C@]5(C)[C@H]4CC[C@]3(C)[C@H]1[C@@H]2C. The van der Waals surface area contributed by atoms with Crippen molar-refractivity contribution in [3.8, 4) is 0 Å². The molecular weight excluding hydrogens is 388 g/mol. The molecule has 2 saturated heterocycles. The van der Waals surface area contributed by atoms with Crippen LogP contribution in [0.2, 0.25) is 0 Å². The van der Waals surface area contributed by atoms with Crippen LogP contribution in [-0.4, -0.2) is 35.5 Å². The van der Waals surface area contributed by atoms with E-state index in [1.54, 1.807) is 0 Å². The van der Waals surface area contributed by atoms with Crippen LogP contribution in [0.5, 0.6) is 0 Å².